The van der Waals surface area contributed by atoms with E-state index in [1.807, 2.05) is 0 Å². The molecule has 30 heavy (non-hydrogen) atoms. The monoisotopic (exact) mass is 418 g/mol. The molecule has 0 bridgehead atoms. The Labute approximate surface area is 170 Å². The Morgan fingerprint density at radius 1 is 1.13 bits per heavy atom. The zero-order valence-corrected chi connectivity index (χ0v) is 16.3. The van der Waals surface area contributed by atoms with Crippen molar-refractivity contribution in [1.82, 2.24) is 19.6 Å². The Morgan fingerprint density at radius 3 is 2.60 bits per heavy atom. The topological polar surface area (TPSA) is 84.2 Å². The average Bonchev–Trinajstić information content (AvgIpc) is 3.15. The van der Waals surface area contributed by atoms with Crippen molar-refractivity contribution in [3.8, 4) is 0 Å². The molecule has 2 N–H and O–H groups in total. The van der Waals surface area contributed by atoms with Crippen LogP contribution in [0.1, 0.15) is 54.0 Å². The molecule has 4 rings (SSSR count). The minimum Gasteiger partial charge on any atom is -0.381 e. The van der Waals surface area contributed by atoms with Gasteiger partial charge in [0.1, 0.15) is 0 Å². The van der Waals surface area contributed by atoms with Crippen molar-refractivity contribution < 1.29 is 18.0 Å². The fraction of sp³-hybridized carbons (Fsp3) is 0.400. The van der Waals surface area contributed by atoms with E-state index in [0.29, 0.717) is 5.69 Å². The summed E-state index contributed by atoms with van der Waals surface area (Å²) in [6.45, 7) is 1.78. The number of aromatic nitrogens is 4. The first-order chi connectivity index (χ1) is 14.3. The summed E-state index contributed by atoms with van der Waals surface area (Å²) in [5.41, 5.74) is 0.378. The summed E-state index contributed by atoms with van der Waals surface area (Å²) in [6.07, 6.45) is 2.18. The van der Waals surface area contributed by atoms with Gasteiger partial charge in [-0.25, -0.2) is 9.50 Å². The molecule has 0 radical (unpaired) electrons. The van der Waals surface area contributed by atoms with E-state index in [1.54, 1.807) is 19.2 Å². The van der Waals surface area contributed by atoms with E-state index in [1.165, 1.54) is 10.6 Å². The number of nitrogens with zero attached hydrogens (tertiary/aromatic N) is 4. The molecule has 0 aliphatic heterocycles. The molecule has 1 fully saturated rings. The Kier molecular flexibility index (Phi) is 5.31. The van der Waals surface area contributed by atoms with Crippen LogP contribution in [0.3, 0.4) is 0 Å². The van der Waals surface area contributed by atoms with Gasteiger partial charge in [0.25, 0.3) is 11.7 Å². The second-order valence-electron chi connectivity index (χ2n) is 7.42. The summed E-state index contributed by atoms with van der Waals surface area (Å²) in [4.78, 5) is 20.8. The smallest absolute Gasteiger partial charge is 0.381 e. The van der Waals surface area contributed by atoms with Crippen LogP contribution in [-0.4, -0.2) is 31.5 Å². The fourth-order valence-corrected chi connectivity index (χ4v) is 3.60. The number of nitrogens with one attached hydrogen (secondary N) is 2. The van der Waals surface area contributed by atoms with Gasteiger partial charge in [-0.15, -0.1) is 5.10 Å². The highest BCUT2D eigenvalue weighted by Crippen LogP contribution is 2.35. The van der Waals surface area contributed by atoms with E-state index >= 15 is 0 Å². The van der Waals surface area contributed by atoms with Gasteiger partial charge in [0.05, 0.1) is 16.9 Å². The normalized spacial score (nSPS) is 15.3. The molecule has 7 nitrogen and oxygen atoms in total. The number of carbonyl (C=O) groups is 1. The highest BCUT2D eigenvalue weighted by atomic mass is 19.4. The number of rotatable bonds is 4. The van der Waals surface area contributed by atoms with Gasteiger partial charge < -0.3 is 10.6 Å². The van der Waals surface area contributed by atoms with Crippen LogP contribution >= 0.6 is 0 Å². The molecule has 0 atom stereocenters. The van der Waals surface area contributed by atoms with Gasteiger partial charge in [0.2, 0.25) is 5.82 Å². The average molecular weight is 418 g/mol. The lowest BCUT2D eigenvalue weighted by molar-refractivity contribution is -0.137. The maximum Gasteiger partial charge on any atom is 0.416 e. The highest BCUT2D eigenvalue weighted by molar-refractivity contribution is 6.03. The third-order valence-corrected chi connectivity index (χ3v) is 5.19. The summed E-state index contributed by atoms with van der Waals surface area (Å²) in [7, 11) is 0. The van der Waals surface area contributed by atoms with Crippen LogP contribution in [0.25, 0.3) is 5.78 Å². The van der Waals surface area contributed by atoms with Crippen LogP contribution in [0.5, 0.6) is 0 Å². The number of alkyl halides is 3. The van der Waals surface area contributed by atoms with Crippen molar-refractivity contribution in [3.63, 3.8) is 0 Å². The van der Waals surface area contributed by atoms with E-state index in [-0.39, 0.29) is 23.3 Å². The molecule has 1 saturated carbocycles. The van der Waals surface area contributed by atoms with Gasteiger partial charge in [0, 0.05) is 17.9 Å². The van der Waals surface area contributed by atoms with Crippen molar-refractivity contribution >= 4 is 23.1 Å². The third-order valence-electron chi connectivity index (χ3n) is 5.19. The van der Waals surface area contributed by atoms with Crippen LogP contribution in [0.15, 0.2) is 30.5 Å². The lowest BCUT2D eigenvalue weighted by atomic mass is 9.95. The summed E-state index contributed by atoms with van der Waals surface area (Å²) >= 11 is 0. The number of carbonyl (C=O) groups excluding carboxylic acids is 1. The van der Waals surface area contributed by atoms with Crippen LogP contribution in [-0.2, 0) is 6.18 Å². The SMILES string of the molecule is Cc1ccnc2nc(C(=O)Nc3cc(C(F)(F)F)ccc3NC3CCCCC3)nn12. The van der Waals surface area contributed by atoms with Gasteiger partial charge in [-0.2, -0.15) is 18.2 Å². The second-order valence-corrected chi connectivity index (χ2v) is 7.42. The minimum atomic E-state index is -4.52. The zero-order valence-electron chi connectivity index (χ0n) is 16.3. The number of halogens is 3. The van der Waals surface area contributed by atoms with Crippen molar-refractivity contribution in [2.24, 2.45) is 0 Å². The van der Waals surface area contributed by atoms with E-state index < -0.39 is 17.6 Å². The lowest BCUT2D eigenvalue weighted by Crippen LogP contribution is -2.24. The van der Waals surface area contributed by atoms with Gasteiger partial charge in [-0.05, 0) is 44.0 Å². The zero-order chi connectivity index (χ0) is 21.3. The molecule has 10 heteroatoms. The Bertz CT molecular complexity index is 1070. The fourth-order valence-electron chi connectivity index (χ4n) is 3.60. The number of hydrogen-bond donors (Lipinski definition) is 2. The lowest BCUT2D eigenvalue weighted by Gasteiger charge is -2.25. The number of fused-ring (bicyclic) bond motifs is 1. The first-order valence-corrected chi connectivity index (χ1v) is 9.79. The molecule has 1 amide bonds. The molecule has 2 aromatic heterocycles. The quantitative estimate of drug-likeness (QED) is 0.654. The van der Waals surface area contributed by atoms with Crippen molar-refractivity contribution in [3.05, 3.63) is 47.5 Å². The number of amides is 1. The first kappa shape index (κ1) is 20.1. The Balaban J connectivity index is 1.64. The largest absolute Gasteiger partial charge is 0.416 e. The molecule has 3 aromatic rings. The summed E-state index contributed by atoms with van der Waals surface area (Å²) in [5.74, 6) is -0.631. The molecule has 1 aliphatic rings. The number of benzene rings is 1. The van der Waals surface area contributed by atoms with E-state index in [2.05, 4.69) is 25.7 Å². The molecule has 1 aliphatic carbocycles. The molecule has 1 aromatic carbocycles. The highest BCUT2D eigenvalue weighted by Gasteiger charge is 2.31. The molecule has 0 spiro atoms. The molecule has 2 heterocycles. The van der Waals surface area contributed by atoms with E-state index in [0.717, 1.165) is 49.9 Å². The summed E-state index contributed by atoms with van der Waals surface area (Å²) in [6, 6.07) is 5.17. The van der Waals surface area contributed by atoms with Crippen LogP contribution in [0.4, 0.5) is 24.5 Å². The Hall–Kier alpha value is -3.17. The van der Waals surface area contributed by atoms with Crippen molar-refractivity contribution in [1.29, 1.82) is 0 Å². The van der Waals surface area contributed by atoms with E-state index in [9.17, 15) is 18.0 Å². The van der Waals surface area contributed by atoms with Gasteiger partial charge >= 0.3 is 6.18 Å². The molecule has 158 valence electrons. The maximum atomic E-state index is 13.2. The number of hydrogen-bond acceptors (Lipinski definition) is 5. The number of aryl methyl sites for hydroxylation is 1. The number of anilines is 2. The van der Waals surface area contributed by atoms with Crippen LogP contribution in [0, 0.1) is 6.92 Å². The van der Waals surface area contributed by atoms with Crippen molar-refractivity contribution in [2.75, 3.05) is 10.6 Å². The first-order valence-electron chi connectivity index (χ1n) is 9.79. The predicted molar refractivity (Wildman–Crippen MR) is 105 cm³/mol. The molecular weight excluding hydrogens is 397 g/mol. The van der Waals surface area contributed by atoms with Crippen LogP contribution < -0.4 is 10.6 Å². The Morgan fingerprint density at radius 2 is 1.90 bits per heavy atom. The summed E-state index contributed by atoms with van der Waals surface area (Å²) in [5, 5.41) is 9.94. The molecule has 0 saturated heterocycles. The van der Waals surface area contributed by atoms with Gasteiger partial charge in [-0.1, -0.05) is 19.3 Å². The minimum absolute atomic E-state index is 0.0453. The van der Waals surface area contributed by atoms with Crippen LogP contribution in [0.2, 0.25) is 0 Å². The predicted octanol–water partition coefficient (Wildman–Crippen LogP) is 4.45. The third kappa shape index (κ3) is 4.22. The van der Waals surface area contributed by atoms with Gasteiger partial charge in [0.15, 0.2) is 0 Å². The second kappa shape index (κ2) is 7.92. The van der Waals surface area contributed by atoms with Gasteiger partial charge in [-0.3, -0.25) is 4.79 Å². The standard InChI is InChI=1S/C20H21F3N6O/c1-12-9-10-24-19-27-17(28-29(12)19)18(30)26-16-11-13(20(21,22)23)7-8-15(16)25-14-5-3-2-4-6-14/h7-11,14,25H,2-6H2,1H3,(H,26,30). The molecule has 0 unspecified atom stereocenters. The molecular formula is C20H21F3N6O. The summed E-state index contributed by atoms with van der Waals surface area (Å²) < 4.78 is 41.1. The van der Waals surface area contributed by atoms with Crippen molar-refractivity contribution in [2.45, 2.75) is 51.2 Å². The van der Waals surface area contributed by atoms with E-state index in [4.69, 9.17) is 0 Å². The maximum absolute atomic E-state index is 13.2.